The molecule has 1 atom stereocenters. The molecule has 0 aliphatic rings. The van der Waals surface area contributed by atoms with Crippen molar-refractivity contribution in [3.63, 3.8) is 0 Å². The van der Waals surface area contributed by atoms with Gasteiger partial charge >= 0.3 is 0 Å². The molecule has 0 aliphatic heterocycles. The molecule has 1 unspecified atom stereocenters. The minimum atomic E-state index is -0.805. The minimum Gasteiger partial charge on any atom is -0.349 e. The zero-order chi connectivity index (χ0) is 23.4. The molecule has 2 amide bonds. The van der Waals surface area contributed by atoms with Gasteiger partial charge < -0.3 is 5.32 Å². The summed E-state index contributed by atoms with van der Waals surface area (Å²) in [5.41, 5.74) is 1.73. The van der Waals surface area contributed by atoms with Crippen molar-refractivity contribution in [2.45, 2.75) is 45.3 Å². The van der Waals surface area contributed by atoms with Gasteiger partial charge in [0.1, 0.15) is 18.1 Å². The average molecular weight is 462 g/mol. The smallest absolute Gasteiger partial charge is 0.249 e. The topological polar surface area (TPSA) is 80.1 Å². The number of fused-ring (bicyclic) bond motifs is 1. The molecule has 2 aromatic heterocycles. The van der Waals surface area contributed by atoms with Gasteiger partial charge in [0.25, 0.3) is 0 Å². The van der Waals surface area contributed by atoms with E-state index in [4.69, 9.17) is 0 Å². The van der Waals surface area contributed by atoms with Crippen LogP contribution >= 0.6 is 11.3 Å². The highest BCUT2D eigenvalue weighted by atomic mass is 32.1. The largest absolute Gasteiger partial charge is 0.349 e. The molecule has 7 nitrogen and oxygen atoms in total. The molecular weight excluding hydrogens is 434 g/mol. The Hall–Kier alpha value is -3.52. The van der Waals surface area contributed by atoms with Crippen molar-refractivity contribution in [1.29, 1.82) is 0 Å². The van der Waals surface area contributed by atoms with E-state index in [1.165, 1.54) is 11.3 Å². The summed E-state index contributed by atoms with van der Waals surface area (Å²) in [7, 11) is 0. The molecule has 0 saturated carbocycles. The SMILES string of the molecule is CCC(C)(C)NC(=O)C(c1cccs1)N(C(=O)Cn1nnc2ccccc21)c1ccccc1. The Balaban J connectivity index is 1.75. The molecule has 0 bridgehead atoms. The molecule has 4 rings (SSSR count). The van der Waals surface area contributed by atoms with Crippen LogP contribution in [0.3, 0.4) is 0 Å². The molecule has 8 heteroatoms. The maximum atomic E-state index is 13.8. The lowest BCUT2D eigenvalue weighted by molar-refractivity contribution is -0.128. The summed E-state index contributed by atoms with van der Waals surface area (Å²) in [5.74, 6) is -0.468. The van der Waals surface area contributed by atoms with Crippen LogP contribution in [-0.2, 0) is 16.1 Å². The predicted molar refractivity (Wildman–Crippen MR) is 131 cm³/mol. The van der Waals surface area contributed by atoms with Gasteiger partial charge in [0.2, 0.25) is 11.8 Å². The molecule has 0 fully saturated rings. The maximum Gasteiger partial charge on any atom is 0.249 e. The Morgan fingerprint density at radius 1 is 1.06 bits per heavy atom. The Labute approximate surface area is 197 Å². The van der Waals surface area contributed by atoms with Crippen LogP contribution in [-0.4, -0.2) is 32.3 Å². The number of rotatable bonds is 8. The summed E-state index contributed by atoms with van der Waals surface area (Å²) in [6, 6.07) is 19.8. The van der Waals surface area contributed by atoms with E-state index >= 15 is 0 Å². The minimum absolute atomic E-state index is 0.0399. The Kier molecular flexibility index (Phi) is 6.55. The predicted octanol–water partition coefficient (Wildman–Crippen LogP) is 4.57. The van der Waals surface area contributed by atoms with Crippen LogP contribution in [0.25, 0.3) is 11.0 Å². The van der Waals surface area contributed by atoms with Gasteiger partial charge in [-0.15, -0.1) is 16.4 Å². The summed E-state index contributed by atoms with van der Waals surface area (Å²) >= 11 is 1.45. The number of hydrogen-bond acceptors (Lipinski definition) is 5. The van der Waals surface area contributed by atoms with Crippen LogP contribution in [0.4, 0.5) is 5.69 Å². The zero-order valence-corrected chi connectivity index (χ0v) is 19.7. The van der Waals surface area contributed by atoms with Gasteiger partial charge in [0, 0.05) is 16.1 Å². The number of carbonyl (C=O) groups excluding carboxylic acids is 2. The van der Waals surface area contributed by atoms with Crippen LogP contribution in [0.15, 0.2) is 72.1 Å². The first kappa shape index (κ1) is 22.7. The van der Waals surface area contributed by atoms with E-state index < -0.39 is 11.6 Å². The summed E-state index contributed by atoms with van der Waals surface area (Å²) in [5, 5.41) is 13.4. The van der Waals surface area contributed by atoms with Crippen molar-refractivity contribution in [3.8, 4) is 0 Å². The molecular formula is C25H27N5O2S. The lowest BCUT2D eigenvalue weighted by Crippen LogP contribution is -2.50. The number of aromatic nitrogens is 3. The number of para-hydroxylation sites is 2. The van der Waals surface area contributed by atoms with E-state index in [2.05, 4.69) is 15.6 Å². The number of hydrogen-bond donors (Lipinski definition) is 1. The highest BCUT2D eigenvalue weighted by Gasteiger charge is 2.35. The molecule has 1 N–H and O–H groups in total. The molecule has 0 spiro atoms. The molecule has 0 radical (unpaired) electrons. The summed E-state index contributed by atoms with van der Waals surface area (Å²) in [4.78, 5) is 29.8. The highest BCUT2D eigenvalue weighted by Crippen LogP contribution is 2.31. The second-order valence-corrected chi connectivity index (χ2v) is 9.46. The number of benzene rings is 2. The van der Waals surface area contributed by atoms with Gasteiger partial charge in [-0.3, -0.25) is 14.5 Å². The van der Waals surface area contributed by atoms with Gasteiger partial charge in [-0.2, -0.15) is 0 Å². The Morgan fingerprint density at radius 2 is 1.79 bits per heavy atom. The zero-order valence-electron chi connectivity index (χ0n) is 18.9. The van der Waals surface area contributed by atoms with Crippen molar-refractivity contribution in [1.82, 2.24) is 20.3 Å². The first-order chi connectivity index (χ1) is 15.9. The Morgan fingerprint density at radius 3 is 2.48 bits per heavy atom. The fourth-order valence-electron chi connectivity index (χ4n) is 3.57. The first-order valence-electron chi connectivity index (χ1n) is 10.9. The Bertz CT molecular complexity index is 1230. The first-order valence-corrected chi connectivity index (χ1v) is 11.8. The molecule has 0 saturated heterocycles. The van der Waals surface area contributed by atoms with E-state index in [9.17, 15) is 9.59 Å². The van der Waals surface area contributed by atoms with Gasteiger partial charge in [-0.25, -0.2) is 4.68 Å². The van der Waals surface area contributed by atoms with E-state index in [-0.39, 0.29) is 18.4 Å². The number of nitrogens with one attached hydrogen (secondary N) is 1. The standard InChI is InChI=1S/C25H27N5O2S/c1-4-25(2,3)26-24(32)23(21-15-10-16-33-21)30(18-11-6-5-7-12-18)22(31)17-29-20-14-9-8-13-19(20)27-28-29/h5-16,23H,4,17H2,1-3H3,(H,26,32). The molecule has 33 heavy (non-hydrogen) atoms. The van der Waals surface area contributed by atoms with Gasteiger partial charge in [-0.1, -0.05) is 48.5 Å². The molecule has 170 valence electrons. The van der Waals surface area contributed by atoms with Crippen LogP contribution in [0.5, 0.6) is 0 Å². The second-order valence-electron chi connectivity index (χ2n) is 8.48. The second kappa shape index (κ2) is 9.54. The maximum absolute atomic E-state index is 13.8. The normalized spacial score (nSPS) is 12.5. The highest BCUT2D eigenvalue weighted by molar-refractivity contribution is 7.10. The van der Waals surface area contributed by atoms with E-state index in [0.717, 1.165) is 16.8 Å². The van der Waals surface area contributed by atoms with E-state index in [1.54, 1.807) is 9.58 Å². The molecule has 2 aromatic carbocycles. The van der Waals surface area contributed by atoms with Crippen LogP contribution < -0.4 is 10.2 Å². The third-order valence-electron chi connectivity index (χ3n) is 5.67. The lowest BCUT2D eigenvalue weighted by Gasteiger charge is -2.34. The van der Waals surface area contributed by atoms with Crippen molar-refractivity contribution >= 4 is 39.9 Å². The van der Waals surface area contributed by atoms with E-state index in [1.807, 2.05) is 92.9 Å². The number of anilines is 1. The van der Waals surface area contributed by atoms with Crippen molar-refractivity contribution < 1.29 is 9.59 Å². The third kappa shape index (κ3) is 4.96. The quantitative estimate of drug-likeness (QED) is 0.417. The summed E-state index contributed by atoms with van der Waals surface area (Å²) in [6.07, 6.45) is 0.764. The number of nitrogens with zero attached hydrogens (tertiary/aromatic N) is 4. The van der Waals surface area contributed by atoms with Crippen molar-refractivity contribution in [3.05, 3.63) is 77.0 Å². The van der Waals surface area contributed by atoms with Gasteiger partial charge in [0.05, 0.1) is 5.52 Å². The van der Waals surface area contributed by atoms with Gasteiger partial charge in [-0.05, 0) is 56.0 Å². The molecule has 0 aliphatic carbocycles. The van der Waals surface area contributed by atoms with Crippen LogP contribution in [0.1, 0.15) is 38.1 Å². The third-order valence-corrected chi connectivity index (χ3v) is 6.60. The fourth-order valence-corrected chi connectivity index (χ4v) is 4.39. The number of amides is 2. The van der Waals surface area contributed by atoms with Crippen LogP contribution in [0.2, 0.25) is 0 Å². The summed E-state index contributed by atoms with van der Waals surface area (Å²) in [6.45, 7) is 5.94. The molecule has 4 aromatic rings. The number of thiophene rings is 1. The van der Waals surface area contributed by atoms with Crippen molar-refractivity contribution in [2.24, 2.45) is 0 Å². The number of carbonyl (C=O) groups is 2. The average Bonchev–Trinajstić information content (AvgIpc) is 3.48. The van der Waals surface area contributed by atoms with Gasteiger partial charge in [0.15, 0.2) is 0 Å². The fraction of sp³-hybridized carbons (Fsp3) is 0.280. The van der Waals surface area contributed by atoms with E-state index in [0.29, 0.717) is 11.2 Å². The summed E-state index contributed by atoms with van der Waals surface area (Å²) < 4.78 is 1.58. The lowest BCUT2D eigenvalue weighted by atomic mass is 10.0. The molecule has 2 heterocycles. The van der Waals surface area contributed by atoms with Crippen molar-refractivity contribution in [2.75, 3.05) is 4.90 Å². The van der Waals surface area contributed by atoms with Crippen LogP contribution in [0, 0.1) is 0 Å². The monoisotopic (exact) mass is 461 g/mol.